The third-order valence-corrected chi connectivity index (χ3v) is 2.87. The zero-order valence-corrected chi connectivity index (χ0v) is 11.6. The van der Waals surface area contributed by atoms with Gasteiger partial charge < -0.3 is 14.6 Å². The molecule has 0 aliphatic heterocycles. The minimum Gasteiger partial charge on any atom is -0.497 e. The standard InChI is InChI=1S/C13H15N3O5/c1-20-8-3-4-9(10(7-8)21-2)11-12(18)14-13(19)16(15-11)5-6-17/h3-4,7,17H,5-6H2,1-2H3,(H,14,18,19). The lowest BCUT2D eigenvalue weighted by atomic mass is 10.1. The van der Waals surface area contributed by atoms with Crippen LogP contribution in [0.15, 0.2) is 27.8 Å². The van der Waals surface area contributed by atoms with Gasteiger partial charge in [-0.15, -0.1) is 0 Å². The van der Waals surface area contributed by atoms with Crippen LogP contribution in [0.1, 0.15) is 0 Å². The maximum atomic E-state index is 11.9. The average molecular weight is 293 g/mol. The first-order valence-electron chi connectivity index (χ1n) is 6.15. The molecule has 2 rings (SSSR count). The van der Waals surface area contributed by atoms with Crippen LogP contribution in [0.3, 0.4) is 0 Å². The van der Waals surface area contributed by atoms with Crippen molar-refractivity contribution in [2.45, 2.75) is 6.54 Å². The Hall–Kier alpha value is -2.61. The number of methoxy groups -OCH3 is 2. The Bertz CT molecular complexity index is 750. The van der Waals surface area contributed by atoms with Crippen LogP contribution in [0.25, 0.3) is 11.3 Å². The van der Waals surface area contributed by atoms with Crippen molar-refractivity contribution >= 4 is 0 Å². The number of hydrogen-bond acceptors (Lipinski definition) is 6. The molecule has 0 spiro atoms. The van der Waals surface area contributed by atoms with Gasteiger partial charge in [0, 0.05) is 11.6 Å². The predicted molar refractivity (Wildman–Crippen MR) is 74.7 cm³/mol. The number of nitrogens with zero attached hydrogens (tertiary/aromatic N) is 2. The van der Waals surface area contributed by atoms with E-state index in [4.69, 9.17) is 14.6 Å². The zero-order valence-electron chi connectivity index (χ0n) is 11.6. The first-order valence-corrected chi connectivity index (χ1v) is 6.15. The molecule has 0 unspecified atom stereocenters. The van der Waals surface area contributed by atoms with Gasteiger partial charge in [-0.3, -0.25) is 9.78 Å². The fourth-order valence-electron chi connectivity index (χ4n) is 1.85. The summed E-state index contributed by atoms with van der Waals surface area (Å²) in [6.07, 6.45) is 0. The van der Waals surface area contributed by atoms with Crippen LogP contribution in [0.2, 0.25) is 0 Å². The highest BCUT2D eigenvalue weighted by Crippen LogP contribution is 2.30. The van der Waals surface area contributed by atoms with Crippen molar-refractivity contribution in [1.29, 1.82) is 0 Å². The zero-order chi connectivity index (χ0) is 15.4. The smallest absolute Gasteiger partial charge is 0.344 e. The Labute approximate surface area is 119 Å². The van der Waals surface area contributed by atoms with Gasteiger partial charge in [-0.05, 0) is 12.1 Å². The lowest BCUT2D eigenvalue weighted by Crippen LogP contribution is -2.34. The second kappa shape index (κ2) is 6.23. The van der Waals surface area contributed by atoms with Gasteiger partial charge in [0.15, 0.2) is 5.69 Å². The number of benzene rings is 1. The molecule has 0 aliphatic carbocycles. The summed E-state index contributed by atoms with van der Waals surface area (Å²) in [6.45, 7) is -0.279. The Morgan fingerprint density at radius 3 is 2.67 bits per heavy atom. The Kier molecular flexibility index (Phi) is 4.39. The molecule has 2 aromatic rings. The molecule has 0 atom stereocenters. The largest absolute Gasteiger partial charge is 0.497 e. The molecule has 1 heterocycles. The van der Waals surface area contributed by atoms with Gasteiger partial charge in [0.2, 0.25) is 0 Å². The van der Waals surface area contributed by atoms with Crippen LogP contribution in [0.4, 0.5) is 0 Å². The van der Waals surface area contributed by atoms with Crippen molar-refractivity contribution in [1.82, 2.24) is 14.8 Å². The second-order valence-electron chi connectivity index (χ2n) is 4.12. The van der Waals surface area contributed by atoms with Crippen LogP contribution in [0, 0.1) is 0 Å². The second-order valence-corrected chi connectivity index (χ2v) is 4.12. The van der Waals surface area contributed by atoms with E-state index in [0.717, 1.165) is 4.68 Å². The molecule has 0 radical (unpaired) electrons. The normalized spacial score (nSPS) is 10.4. The fourth-order valence-corrected chi connectivity index (χ4v) is 1.85. The number of aromatic nitrogens is 3. The van der Waals surface area contributed by atoms with E-state index in [1.807, 2.05) is 0 Å². The van der Waals surface area contributed by atoms with Gasteiger partial charge in [-0.25, -0.2) is 9.48 Å². The molecule has 0 saturated carbocycles. The Morgan fingerprint density at radius 1 is 1.29 bits per heavy atom. The van der Waals surface area contributed by atoms with Crippen molar-refractivity contribution in [2.75, 3.05) is 20.8 Å². The molecule has 112 valence electrons. The molecule has 0 fully saturated rings. The number of aliphatic hydroxyl groups is 1. The molecule has 2 N–H and O–H groups in total. The highest BCUT2D eigenvalue weighted by molar-refractivity contribution is 5.67. The number of hydrogen-bond donors (Lipinski definition) is 2. The Balaban J connectivity index is 2.63. The van der Waals surface area contributed by atoms with Gasteiger partial charge in [0.1, 0.15) is 11.5 Å². The van der Waals surface area contributed by atoms with E-state index in [1.54, 1.807) is 18.2 Å². The Morgan fingerprint density at radius 2 is 2.05 bits per heavy atom. The molecule has 21 heavy (non-hydrogen) atoms. The first kappa shape index (κ1) is 14.8. The van der Waals surface area contributed by atoms with Gasteiger partial charge >= 0.3 is 5.69 Å². The van der Waals surface area contributed by atoms with E-state index in [1.165, 1.54) is 14.2 Å². The summed E-state index contributed by atoms with van der Waals surface area (Å²) in [4.78, 5) is 25.7. The molecular formula is C13H15N3O5. The van der Waals surface area contributed by atoms with Gasteiger partial charge in [0.05, 0.1) is 27.4 Å². The lowest BCUT2D eigenvalue weighted by molar-refractivity contribution is 0.265. The van der Waals surface area contributed by atoms with E-state index < -0.39 is 11.2 Å². The number of nitrogens with one attached hydrogen (secondary N) is 1. The van der Waals surface area contributed by atoms with Crippen LogP contribution in [0.5, 0.6) is 11.5 Å². The van der Waals surface area contributed by atoms with Crippen LogP contribution >= 0.6 is 0 Å². The molecule has 0 saturated heterocycles. The maximum Gasteiger partial charge on any atom is 0.344 e. The molecule has 0 amide bonds. The SMILES string of the molecule is COc1ccc(-c2nn(CCO)c(=O)[nH]c2=O)c(OC)c1. The number of H-pyrrole nitrogens is 1. The summed E-state index contributed by atoms with van der Waals surface area (Å²) < 4.78 is 11.3. The average Bonchev–Trinajstić information content (AvgIpc) is 2.49. The number of ether oxygens (including phenoxy) is 2. The van der Waals surface area contributed by atoms with E-state index in [-0.39, 0.29) is 18.8 Å². The van der Waals surface area contributed by atoms with Crippen LogP contribution in [-0.2, 0) is 6.54 Å². The first-order chi connectivity index (χ1) is 10.1. The van der Waals surface area contributed by atoms with Gasteiger partial charge in [-0.2, -0.15) is 5.10 Å². The summed E-state index contributed by atoms with van der Waals surface area (Å²) in [5, 5.41) is 12.9. The molecule has 0 bridgehead atoms. The number of aromatic amines is 1. The molecule has 1 aromatic carbocycles. The minimum atomic E-state index is -0.676. The van der Waals surface area contributed by atoms with E-state index in [2.05, 4.69) is 10.1 Å². The highest BCUT2D eigenvalue weighted by atomic mass is 16.5. The summed E-state index contributed by atoms with van der Waals surface area (Å²) in [5.74, 6) is 0.956. The van der Waals surface area contributed by atoms with Crippen molar-refractivity contribution in [2.24, 2.45) is 0 Å². The monoisotopic (exact) mass is 293 g/mol. The summed E-state index contributed by atoms with van der Waals surface area (Å²) in [7, 11) is 2.97. The summed E-state index contributed by atoms with van der Waals surface area (Å²) in [5.41, 5.74) is -0.850. The van der Waals surface area contributed by atoms with Crippen LogP contribution < -0.4 is 20.7 Å². The molecule has 8 nitrogen and oxygen atoms in total. The summed E-state index contributed by atoms with van der Waals surface area (Å²) in [6, 6.07) is 4.88. The van der Waals surface area contributed by atoms with Crippen molar-refractivity contribution in [3.63, 3.8) is 0 Å². The number of rotatable bonds is 5. The molecule has 0 aliphatic rings. The van der Waals surface area contributed by atoms with E-state index in [9.17, 15) is 9.59 Å². The van der Waals surface area contributed by atoms with Crippen molar-refractivity contribution < 1.29 is 14.6 Å². The van der Waals surface area contributed by atoms with Gasteiger partial charge in [0.25, 0.3) is 5.56 Å². The summed E-state index contributed by atoms with van der Waals surface area (Å²) >= 11 is 0. The quantitative estimate of drug-likeness (QED) is 0.777. The van der Waals surface area contributed by atoms with Gasteiger partial charge in [-0.1, -0.05) is 0 Å². The maximum absolute atomic E-state index is 11.9. The van der Waals surface area contributed by atoms with Crippen molar-refractivity contribution in [3.8, 4) is 22.8 Å². The predicted octanol–water partition coefficient (Wildman–Crippen LogP) is -0.392. The third-order valence-electron chi connectivity index (χ3n) is 2.87. The minimum absolute atomic E-state index is 0.0128. The van der Waals surface area contributed by atoms with E-state index >= 15 is 0 Å². The van der Waals surface area contributed by atoms with Crippen LogP contribution in [-0.4, -0.2) is 40.7 Å². The molecular weight excluding hydrogens is 278 g/mol. The molecule has 8 heteroatoms. The van der Waals surface area contributed by atoms with E-state index in [0.29, 0.717) is 17.1 Å². The number of aliphatic hydroxyl groups excluding tert-OH is 1. The topological polar surface area (TPSA) is 106 Å². The third kappa shape index (κ3) is 2.95. The lowest BCUT2D eigenvalue weighted by Gasteiger charge is -2.10. The van der Waals surface area contributed by atoms with Crippen molar-refractivity contribution in [3.05, 3.63) is 39.0 Å². The highest BCUT2D eigenvalue weighted by Gasteiger charge is 2.14. The fraction of sp³-hybridized carbons (Fsp3) is 0.308. The molecule has 1 aromatic heterocycles.